The van der Waals surface area contributed by atoms with Gasteiger partial charge in [-0.2, -0.15) is 5.10 Å². The van der Waals surface area contributed by atoms with E-state index in [1.807, 2.05) is 61.7 Å². The summed E-state index contributed by atoms with van der Waals surface area (Å²) in [6.07, 6.45) is 8.07. The van der Waals surface area contributed by atoms with Gasteiger partial charge in [0.05, 0.1) is 5.69 Å². The molecule has 0 spiro atoms. The third-order valence-corrected chi connectivity index (χ3v) is 6.34. The largest absolute Gasteiger partial charge is 0.486 e. The molecule has 1 fully saturated rings. The van der Waals surface area contributed by atoms with Gasteiger partial charge < -0.3 is 19.1 Å². The quantitative estimate of drug-likeness (QED) is 0.300. The highest BCUT2D eigenvalue weighted by Crippen LogP contribution is 2.35. The number of aromatic nitrogens is 2. The molecule has 1 aliphatic heterocycles. The van der Waals surface area contributed by atoms with E-state index in [4.69, 9.17) is 19.3 Å². The van der Waals surface area contributed by atoms with E-state index in [0.29, 0.717) is 42.9 Å². The number of nitrogens with zero attached hydrogens (tertiary/aromatic N) is 3. The van der Waals surface area contributed by atoms with Crippen LogP contribution >= 0.6 is 0 Å². The minimum atomic E-state index is -0.572. The zero-order valence-electron chi connectivity index (χ0n) is 21.0. The number of ether oxygens (including phenoxy) is 3. The molecular formula is C29H31N3O5. The fraction of sp³-hybridized carbons (Fsp3) is 0.345. The fourth-order valence-electron chi connectivity index (χ4n) is 4.27. The second-order valence-electron chi connectivity index (χ2n) is 9.30. The Balaban J connectivity index is 1.33. The lowest BCUT2D eigenvalue weighted by Crippen LogP contribution is -2.36. The van der Waals surface area contributed by atoms with Gasteiger partial charge in [-0.1, -0.05) is 25.1 Å². The summed E-state index contributed by atoms with van der Waals surface area (Å²) in [5.74, 6) is 1.22. The van der Waals surface area contributed by atoms with Crippen LogP contribution in [-0.2, 0) is 14.3 Å². The Morgan fingerprint density at radius 3 is 2.65 bits per heavy atom. The van der Waals surface area contributed by atoms with Crippen LogP contribution in [0.2, 0.25) is 0 Å². The highest BCUT2D eigenvalue weighted by atomic mass is 16.6. The van der Waals surface area contributed by atoms with Gasteiger partial charge in [-0.15, -0.1) is 0 Å². The van der Waals surface area contributed by atoms with E-state index in [2.05, 4.69) is 0 Å². The topological polar surface area (TPSA) is 82.9 Å². The number of rotatable bonds is 10. The predicted octanol–water partition coefficient (Wildman–Crippen LogP) is 4.52. The zero-order valence-corrected chi connectivity index (χ0v) is 21.0. The van der Waals surface area contributed by atoms with Gasteiger partial charge in [0, 0.05) is 36.5 Å². The van der Waals surface area contributed by atoms with Crippen molar-refractivity contribution in [2.24, 2.45) is 5.92 Å². The lowest BCUT2D eigenvalue weighted by molar-refractivity contribution is -0.148. The zero-order chi connectivity index (χ0) is 25.6. The van der Waals surface area contributed by atoms with Crippen molar-refractivity contribution in [2.75, 3.05) is 32.9 Å². The van der Waals surface area contributed by atoms with Crippen molar-refractivity contribution in [3.63, 3.8) is 0 Å². The van der Waals surface area contributed by atoms with E-state index in [-0.39, 0.29) is 12.5 Å². The van der Waals surface area contributed by atoms with Crippen molar-refractivity contribution in [3.8, 4) is 28.4 Å². The van der Waals surface area contributed by atoms with E-state index < -0.39 is 5.97 Å². The molecule has 3 aromatic rings. The van der Waals surface area contributed by atoms with Gasteiger partial charge in [-0.05, 0) is 61.6 Å². The van der Waals surface area contributed by atoms with Crippen LogP contribution in [0, 0.1) is 5.92 Å². The molecule has 0 unspecified atom stereocenters. The van der Waals surface area contributed by atoms with Gasteiger partial charge in [-0.25, -0.2) is 9.48 Å². The molecule has 37 heavy (non-hydrogen) atoms. The molecule has 0 bridgehead atoms. The van der Waals surface area contributed by atoms with Gasteiger partial charge in [0.25, 0.3) is 5.91 Å². The van der Waals surface area contributed by atoms with Crippen molar-refractivity contribution in [2.45, 2.75) is 26.2 Å². The monoisotopic (exact) mass is 501 g/mol. The van der Waals surface area contributed by atoms with Crippen molar-refractivity contribution in [3.05, 3.63) is 66.4 Å². The van der Waals surface area contributed by atoms with Gasteiger partial charge in [0.2, 0.25) is 0 Å². The van der Waals surface area contributed by atoms with Crippen molar-refractivity contribution in [1.29, 1.82) is 0 Å². The maximum Gasteiger partial charge on any atom is 0.331 e. The molecule has 0 N–H and O–H groups in total. The van der Waals surface area contributed by atoms with Crippen LogP contribution in [0.25, 0.3) is 23.0 Å². The number of para-hydroxylation sites is 1. The number of carbonyl (C=O) groups is 2. The minimum Gasteiger partial charge on any atom is -0.486 e. The molecule has 0 radical (unpaired) electrons. The standard InChI is InChI=1S/C29H31N3O5/c1-2-14-31(18-21-8-9-21)27(33)20-37-28(34)13-11-23-19-32(24-6-4-3-5-7-24)30-29(23)22-10-12-25-26(17-22)36-16-15-35-25/h3-7,10-13,17,19,21H,2,8-9,14-16,18,20H2,1H3. The Morgan fingerprint density at radius 1 is 1.11 bits per heavy atom. The van der Waals surface area contributed by atoms with E-state index in [1.54, 1.807) is 15.7 Å². The van der Waals surface area contributed by atoms with E-state index >= 15 is 0 Å². The average Bonchev–Trinajstić information content (AvgIpc) is 3.65. The molecule has 2 aliphatic rings. The number of hydrogen-bond donors (Lipinski definition) is 0. The van der Waals surface area contributed by atoms with Crippen LogP contribution in [0.4, 0.5) is 0 Å². The lowest BCUT2D eigenvalue weighted by atomic mass is 10.1. The molecule has 1 saturated carbocycles. The summed E-state index contributed by atoms with van der Waals surface area (Å²) in [6.45, 7) is 4.22. The first-order chi connectivity index (χ1) is 18.1. The molecule has 2 heterocycles. The molecule has 5 rings (SSSR count). The Hall–Kier alpha value is -4.07. The first-order valence-corrected chi connectivity index (χ1v) is 12.8. The summed E-state index contributed by atoms with van der Waals surface area (Å²) < 4.78 is 18.4. The van der Waals surface area contributed by atoms with Gasteiger partial charge in [0.15, 0.2) is 18.1 Å². The molecule has 192 valence electrons. The van der Waals surface area contributed by atoms with Crippen LogP contribution in [0.15, 0.2) is 60.8 Å². The second-order valence-corrected chi connectivity index (χ2v) is 9.30. The Labute approximate surface area is 216 Å². The van der Waals surface area contributed by atoms with Crippen LogP contribution < -0.4 is 9.47 Å². The first kappa shape index (κ1) is 24.6. The summed E-state index contributed by atoms with van der Waals surface area (Å²) in [7, 11) is 0. The summed E-state index contributed by atoms with van der Waals surface area (Å²) in [5.41, 5.74) is 3.13. The molecule has 0 saturated heterocycles. The van der Waals surface area contributed by atoms with Gasteiger partial charge in [0.1, 0.15) is 18.9 Å². The molecular weight excluding hydrogens is 470 g/mol. The highest BCUT2D eigenvalue weighted by molar-refractivity contribution is 5.90. The predicted molar refractivity (Wildman–Crippen MR) is 140 cm³/mol. The van der Waals surface area contributed by atoms with Crippen molar-refractivity contribution in [1.82, 2.24) is 14.7 Å². The number of esters is 1. The second kappa shape index (κ2) is 11.3. The molecule has 2 aromatic carbocycles. The van der Waals surface area contributed by atoms with Crippen LogP contribution in [0.5, 0.6) is 11.5 Å². The lowest BCUT2D eigenvalue weighted by Gasteiger charge is -2.21. The summed E-state index contributed by atoms with van der Waals surface area (Å²) >= 11 is 0. The third kappa shape index (κ3) is 6.20. The van der Waals surface area contributed by atoms with Crippen LogP contribution in [-0.4, -0.2) is 59.5 Å². The Bertz CT molecular complexity index is 1280. The first-order valence-electron chi connectivity index (χ1n) is 12.8. The van der Waals surface area contributed by atoms with Crippen molar-refractivity contribution >= 4 is 18.0 Å². The number of fused-ring (bicyclic) bond motifs is 1. The summed E-state index contributed by atoms with van der Waals surface area (Å²) in [5, 5.41) is 4.79. The summed E-state index contributed by atoms with van der Waals surface area (Å²) in [4.78, 5) is 26.9. The highest BCUT2D eigenvalue weighted by Gasteiger charge is 2.26. The minimum absolute atomic E-state index is 0.149. The summed E-state index contributed by atoms with van der Waals surface area (Å²) in [6, 6.07) is 15.4. The van der Waals surface area contributed by atoms with E-state index in [9.17, 15) is 9.59 Å². The fourth-order valence-corrected chi connectivity index (χ4v) is 4.27. The van der Waals surface area contributed by atoms with Gasteiger partial charge >= 0.3 is 5.97 Å². The van der Waals surface area contributed by atoms with Gasteiger partial charge in [-0.3, -0.25) is 4.79 Å². The molecule has 1 aromatic heterocycles. The van der Waals surface area contributed by atoms with Crippen molar-refractivity contribution < 1.29 is 23.8 Å². The van der Waals surface area contributed by atoms with Crippen LogP contribution in [0.3, 0.4) is 0 Å². The SMILES string of the molecule is CCCN(CC1CC1)C(=O)COC(=O)C=Cc1cn(-c2ccccc2)nc1-c1ccc2c(c1)OCCO2. The van der Waals surface area contributed by atoms with Crippen LogP contribution in [0.1, 0.15) is 31.7 Å². The maximum atomic E-state index is 12.6. The maximum absolute atomic E-state index is 12.6. The molecule has 1 aliphatic carbocycles. The van der Waals surface area contributed by atoms with E-state index in [1.165, 1.54) is 18.9 Å². The average molecular weight is 502 g/mol. The number of hydrogen-bond acceptors (Lipinski definition) is 6. The number of benzene rings is 2. The molecule has 8 heteroatoms. The smallest absolute Gasteiger partial charge is 0.331 e. The molecule has 1 amide bonds. The Morgan fingerprint density at radius 2 is 1.89 bits per heavy atom. The molecule has 8 nitrogen and oxygen atoms in total. The van der Waals surface area contributed by atoms with E-state index in [0.717, 1.165) is 29.8 Å². The Kier molecular flexibility index (Phi) is 7.54. The third-order valence-electron chi connectivity index (χ3n) is 6.34. The molecule has 0 atom stereocenters. The number of amides is 1. The number of carbonyl (C=O) groups excluding carboxylic acids is 2. The normalized spacial score (nSPS) is 14.5.